The molecular weight excluding hydrogens is 947 g/mol. The van der Waals surface area contributed by atoms with Crippen LogP contribution in [0.4, 0.5) is 8.78 Å². The maximum atomic E-state index is 16.2. The van der Waals surface area contributed by atoms with Gasteiger partial charge in [-0.3, -0.25) is 19.2 Å². The third-order valence-electron chi connectivity index (χ3n) is 13.4. The van der Waals surface area contributed by atoms with Crippen LogP contribution in [-0.2, 0) is 60.6 Å². The van der Waals surface area contributed by atoms with E-state index < -0.39 is 85.2 Å². The second-order valence-electron chi connectivity index (χ2n) is 19.9. The lowest BCUT2D eigenvalue weighted by Gasteiger charge is -2.32. The number of halogens is 2. The number of rotatable bonds is 28. The highest BCUT2D eigenvalue weighted by atomic mass is 19.1. The standard InChI is InChI=1S/C61H72F2O11/c1-9-11-12-14-43-16-18-45(19-17-43)46-20-22-47(23-21-46)51-33-53(62)58(54(63)34-51)50-24-26-52(44(10-2)31-50)48-25-27-55(49(32-48)15-13-28-70-59(68)39(3)4)71-35-61(38-74-60(69)40(5)6,36-72-56(66)29-41(7)64)37-73-57(67)30-42(8)65/h20-27,31-34,43,45H,3,5,9-19,28-30,35-38H2,1-2,4,6-8H3. The molecule has 396 valence electrons. The molecule has 0 radical (unpaired) electrons. The van der Waals surface area contributed by atoms with Crippen molar-refractivity contribution in [1.82, 2.24) is 0 Å². The Labute approximate surface area is 435 Å². The van der Waals surface area contributed by atoms with E-state index in [4.69, 9.17) is 23.7 Å². The Morgan fingerprint density at radius 3 is 1.72 bits per heavy atom. The molecule has 1 aliphatic carbocycles. The van der Waals surface area contributed by atoms with E-state index in [-0.39, 0.29) is 29.9 Å². The topological polar surface area (TPSA) is 149 Å². The lowest BCUT2D eigenvalue weighted by molar-refractivity contribution is -0.163. The van der Waals surface area contributed by atoms with Gasteiger partial charge < -0.3 is 23.7 Å². The molecule has 0 heterocycles. The first-order valence-electron chi connectivity index (χ1n) is 25.8. The van der Waals surface area contributed by atoms with Crippen LogP contribution in [-0.4, -0.2) is 68.5 Å². The molecule has 4 aromatic rings. The van der Waals surface area contributed by atoms with Crippen LogP contribution in [0.2, 0.25) is 0 Å². The molecule has 0 aliphatic heterocycles. The third kappa shape index (κ3) is 17.2. The van der Waals surface area contributed by atoms with E-state index in [1.54, 1.807) is 31.2 Å². The molecule has 74 heavy (non-hydrogen) atoms. The Kier molecular flexibility index (Phi) is 22.0. The summed E-state index contributed by atoms with van der Waals surface area (Å²) in [5.74, 6) is -3.71. The van der Waals surface area contributed by atoms with Gasteiger partial charge in [0.15, 0.2) is 0 Å². The van der Waals surface area contributed by atoms with Crippen LogP contribution in [0.15, 0.2) is 97.1 Å². The zero-order chi connectivity index (χ0) is 54.0. The smallest absolute Gasteiger partial charge is 0.333 e. The van der Waals surface area contributed by atoms with Gasteiger partial charge in [-0.25, -0.2) is 18.4 Å². The molecule has 1 fully saturated rings. The van der Waals surface area contributed by atoms with Crippen LogP contribution in [0.3, 0.4) is 0 Å². The number of carbonyl (C=O) groups excluding carboxylic acids is 6. The number of unbranched alkanes of at least 4 members (excludes halogenated alkanes) is 2. The summed E-state index contributed by atoms with van der Waals surface area (Å²) in [6.45, 7) is 15.0. The van der Waals surface area contributed by atoms with Crippen LogP contribution in [0.1, 0.15) is 135 Å². The van der Waals surface area contributed by atoms with E-state index in [1.807, 2.05) is 31.2 Å². The number of ether oxygens (including phenoxy) is 5. The van der Waals surface area contributed by atoms with Gasteiger partial charge in [0.25, 0.3) is 0 Å². The number of esters is 4. The van der Waals surface area contributed by atoms with Crippen molar-refractivity contribution in [3.05, 3.63) is 125 Å². The molecule has 11 nitrogen and oxygen atoms in total. The van der Waals surface area contributed by atoms with E-state index in [0.29, 0.717) is 47.6 Å². The van der Waals surface area contributed by atoms with Crippen LogP contribution in [0.25, 0.3) is 33.4 Å². The molecule has 5 rings (SSSR count). The van der Waals surface area contributed by atoms with Crippen LogP contribution >= 0.6 is 0 Å². The fourth-order valence-electron chi connectivity index (χ4n) is 9.19. The molecule has 0 bridgehead atoms. The summed E-state index contributed by atoms with van der Waals surface area (Å²) in [5.41, 5.74) is 4.45. The fraction of sp³-hybridized carbons (Fsp3) is 0.443. The van der Waals surface area contributed by atoms with E-state index in [1.165, 1.54) is 89.8 Å². The molecule has 0 amide bonds. The van der Waals surface area contributed by atoms with E-state index in [0.717, 1.165) is 28.2 Å². The number of benzene rings is 4. The van der Waals surface area contributed by atoms with Gasteiger partial charge in [0.1, 0.15) is 73.6 Å². The summed E-state index contributed by atoms with van der Waals surface area (Å²) in [7, 11) is 0. The van der Waals surface area contributed by atoms with Crippen molar-refractivity contribution in [3.63, 3.8) is 0 Å². The molecular formula is C61H72F2O11. The Bertz CT molecular complexity index is 2600. The molecule has 13 heteroatoms. The van der Waals surface area contributed by atoms with Crippen LogP contribution < -0.4 is 4.74 Å². The van der Waals surface area contributed by atoms with Crippen molar-refractivity contribution in [2.24, 2.45) is 11.3 Å². The lowest BCUT2D eigenvalue weighted by atomic mass is 9.77. The minimum absolute atomic E-state index is 0.0462. The maximum absolute atomic E-state index is 16.2. The largest absolute Gasteiger partial charge is 0.492 e. The molecule has 0 N–H and O–H groups in total. The van der Waals surface area contributed by atoms with E-state index in [9.17, 15) is 28.8 Å². The van der Waals surface area contributed by atoms with Gasteiger partial charge in [-0.15, -0.1) is 0 Å². The zero-order valence-electron chi connectivity index (χ0n) is 44.0. The number of carbonyl (C=O) groups is 6. The van der Waals surface area contributed by atoms with Gasteiger partial charge in [-0.2, -0.15) is 0 Å². The second kappa shape index (κ2) is 28.1. The fourth-order valence-corrected chi connectivity index (χ4v) is 9.19. The number of aryl methyl sites for hydroxylation is 2. The highest BCUT2D eigenvalue weighted by molar-refractivity contribution is 5.94. The monoisotopic (exact) mass is 1020 g/mol. The minimum Gasteiger partial charge on any atom is -0.492 e. The highest BCUT2D eigenvalue weighted by Crippen LogP contribution is 2.40. The van der Waals surface area contributed by atoms with Crippen molar-refractivity contribution in [2.45, 2.75) is 131 Å². The summed E-state index contributed by atoms with van der Waals surface area (Å²) in [4.78, 5) is 73.8. The van der Waals surface area contributed by atoms with Gasteiger partial charge >= 0.3 is 23.9 Å². The molecule has 0 atom stereocenters. The Morgan fingerprint density at radius 1 is 0.595 bits per heavy atom. The summed E-state index contributed by atoms with van der Waals surface area (Å²) in [6.07, 6.45) is 10.1. The summed E-state index contributed by atoms with van der Waals surface area (Å²) in [6, 6.07) is 21.6. The van der Waals surface area contributed by atoms with Crippen molar-refractivity contribution in [3.8, 4) is 39.1 Å². The molecule has 1 aliphatic rings. The van der Waals surface area contributed by atoms with Gasteiger partial charge in [0, 0.05) is 11.1 Å². The summed E-state index contributed by atoms with van der Waals surface area (Å²) >= 11 is 0. The second-order valence-corrected chi connectivity index (χ2v) is 19.9. The first kappa shape index (κ1) is 58.1. The minimum atomic E-state index is -1.55. The SMILES string of the molecule is C=C(C)C(=O)OCCCc1cc(-c2ccc(-c3c(F)cc(-c4ccc(C5CCC(CCCCC)CC5)cc4)cc3F)cc2CC)ccc1OCC(COC(=O)CC(C)=O)(COC(=O)CC(C)=O)COC(=O)C(=C)C. The van der Waals surface area contributed by atoms with E-state index >= 15 is 8.78 Å². The first-order chi connectivity index (χ1) is 35.3. The number of hydrogen-bond donors (Lipinski definition) is 0. The summed E-state index contributed by atoms with van der Waals surface area (Å²) in [5, 5.41) is 0. The predicted molar refractivity (Wildman–Crippen MR) is 281 cm³/mol. The van der Waals surface area contributed by atoms with Crippen LogP contribution in [0.5, 0.6) is 5.75 Å². The van der Waals surface area contributed by atoms with Crippen molar-refractivity contribution in [2.75, 3.05) is 33.0 Å². The van der Waals surface area contributed by atoms with E-state index in [2.05, 4.69) is 32.2 Å². The van der Waals surface area contributed by atoms with Gasteiger partial charge in [0.05, 0.1) is 12.2 Å². The van der Waals surface area contributed by atoms with Crippen molar-refractivity contribution < 1.29 is 61.2 Å². The molecule has 0 saturated heterocycles. The Balaban J connectivity index is 1.43. The normalized spacial score (nSPS) is 14.4. The quantitative estimate of drug-likeness (QED) is 0.0176. The number of Topliss-reactive ketones (excluding diaryl/α,β-unsaturated/α-hetero) is 2. The maximum Gasteiger partial charge on any atom is 0.333 e. The molecule has 0 aromatic heterocycles. The van der Waals surface area contributed by atoms with Gasteiger partial charge in [0.2, 0.25) is 0 Å². The average molecular weight is 1020 g/mol. The molecule has 1 saturated carbocycles. The van der Waals surface area contributed by atoms with Crippen molar-refractivity contribution >= 4 is 35.4 Å². The Morgan fingerprint density at radius 2 is 1.15 bits per heavy atom. The number of ketones is 2. The molecule has 0 unspecified atom stereocenters. The molecule has 0 spiro atoms. The van der Waals surface area contributed by atoms with Crippen LogP contribution in [0, 0.1) is 23.0 Å². The third-order valence-corrected chi connectivity index (χ3v) is 13.4. The van der Waals surface area contributed by atoms with Gasteiger partial charge in [-0.05, 0) is 153 Å². The molecule has 4 aromatic carbocycles. The first-order valence-corrected chi connectivity index (χ1v) is 25.8. The summed E-state index contributed by atoms with van der Waals surface area (Å²) < 4.78 is 60.6. The predicted octanol–water partition coefficient (Wildman–Crippen LogP) is 13.0. The zero-order valence-corrected chi connectivity index (χ0v) is 44.0. The lowest BCUT2D eigenvalue weighted by Crippen LogP contribution is -2.44. The average Bonchev–Trinajstić information content (AvgIpc) is 3.36. The van der Waals surface area contributed by atoms with Gasteiger partial charge in [-0.1, -0.05) is 101 Å². The highest BCUT2D eigenvalue weighted by Gasteiger charge is 2.38. The Hall–Kier alpha value is -6.76. The number of hydrogen-bond acceptors (Lipinski definition) is 11. The van der Waals surface area contributed by atoms with Crippen molar-refractivity contribution in [1.29, 1.82) is 0 Å².